The van der Waals surface area contributed by atoms with E-state index in [9.17, 15) is 19.2 Å². The molecule has 192 valence electrons. The van der Waals surface area contributed by atoms with Crippen molar-refractivity contribution in [2.45, 2.75) is 76.3 Å². The Labute approximate surface area is 210 Å². The summed E-state index contributed by atoms with van der Waals surface area (Å²) in [5.41, 5.74) is -2.25. The molecule has 3 fully saturated rings. The van der Waals surface area contributed by atoms with Gasteiger partial charge in [0.25, 0.3) is 0 Å². The number of esters is 1. The van der Waals surface area contributed by atoms with Gasteiger partial charge in [0, 0.05) is 17.3 Å². The maximum atomic E-state index is 14.2. The van der Waals surface area contributed by atoms with Crippen LogP contribution in [0.5, 0.6) is 0 Å². The lowest BCUT2D eigenvalue weighted by molar-refractivity contribution is -0.134. The van der Waals surface area contributed by atoms with Gasteiger partial charge in [0.1, 0.15) is 11.6 Å². The van der Waals surface area contributed by atoms with Crippen molar-refractivity contribution in [1.82, 2.24) is 10.6 Å². The third-order valence-electron chi connectivity index (χ3n) is 7.29. The first kappa shape index (κ1) is 24.5. The molecule has 2 saturated heterocycles. The van der Waals surface area contributed by atoms with E-state index in [1.807, 2.05) is 26.8 Å². The zero-order valence-corrected chi connectivity index (χ0v) is 21.3. The lowest BCUT2D eigenvalue weighted by Crippen LogP contribution is -2.58. The Bertz CT molecular complexity index is 1170. The van der Waals surface area contributed by atoms with Gasteiger partial charge in [0.05, 0.1) is 29.6 Å². The van der Waals surface area contributed by atoms with Crippen molar-refractivity contribution >= 4 is 29.4 Å². The van der Waals surface area contributed by atoms with Gasteiger partial charge in [-0.25, -0.2) is 4.79 Å². The predicted molar refractivity (Wildman–Crippen MR) is 131 cm³/mol. The molecule has 1 spiro atoms. The zero-order chi connectivity index (χ0) is 26.0. The normalized spacial score (nSPS) is 32.4. The fraction of sp³-hybridized carbons (Fsp3) is 0.556. The van der Waals surface area contributed by atoms with E-state index in [-0.39, 0.29) is 30.0 Å². The van der Waals surface area contributed by atoms with Crippen LogP contribution in [0.3, 0.4) is 0 Å². The SMILES string of the molecule is CCOC(=O)c1cccc(N2C(=O)[C@H]3[C@@H](C(=O)NC4CC4)[C@@]4(C)C=C[C@@]3(O4)[C@H]2C(=O)NC(C)(C)C)c1. The minimum absolute atomic E-state index is 0.119. The summed E-state index contributed by atoms with van der Waals surface area (Å²) in [5.74, 6) is -3.19. The quantitative estimate of drug-likeness (QED) is 0.462. The molecule has 36 heavy (non-hydrogen) atoms. The smallest absolute Gasteiger partial charge is 0.338 e. The van der Waals surface area contributed by atoms with Crippen molar-refractivity contribution in [3.63, 3.8) is 0 Å². The second kappa shape index (κ2) is 8.16. The van der Waals surface area contributed by atoms with E-state index in [2.05, 4.69) is 10.6 Å². The van der Waals surface area contributed by atoms with Crippen LogP contribution in [0.4, 0.5) is 5.69 Å². The molecule has 0 aromatic heterocycles. The number of carbonyl (C=O) groups excluding carboxylic acids is 4. The number of nitrogens with zero attached hydrogens (tertiary/aromatic N) is 1. The molecule has 2 bridgehead atoms. The number of carbonyl (C=O) groups is 4. The molecule has 1 saturated carbocycles. The third kappa shape index (κ3) is 3.80. The van der Waals surface area contributed by atoms with Crippen LogP contribution in [-0.4, -0.2) is 59.1 Å². The van der Waals surface area contributed by atoms with Gasteiger partial charge in [-0.05, 0) is 65.7 Å². The van der Waals surface area contributed by atoms with Crippen molar-refractivity contribution in [3.8, 4) is 0 Å². The molecular weight excluding hydrogens is 462 g/mol. The van der Waals surface area contributed by atoms with E-state index >= 15 is 0 Å². The Morgan fingerprint density at radius 1 is 1.17 bits per heavy atom. The molecule has 1 aliphatic carbocycles. The lowest BCUT2D eigenvalue weighted by atomic mass is 9.70. The Morgan fingerprint density at radius 2 is 1.89 bits per heavy atom. The second-order valence-electron chi connectivity index (χ2n) is 11.3. The van der Waals surface area contributed by atoms with Gasteiger partial charge in [0.15, 0.2) is 0 Å². The van der Waals surface area contributed by atoms with Gasteiger partial charge in [0.2, 0.25) is 17.7 Å². The van der Waals surface area contributed by atoms with E-state index in [4.69, 9.17) is 9.47 Å². The Balaban J connectivity index is 1.60. The van der Waals surface area contributed by atoms with E-state index in [1.54, 1.807) is 44.2 Å². The highest BCUT2D eigenvalue weighted by Crippen LogP contribution is 2.60. The number of rotatable bonds is 6. The minimum atomic E-state index is -1.31. The molecule has 1 aromatic carbocycles. The van der Waals surface area contributed by atoms with Crippen LogP contribution >= 0.6 is 0 Å². The second-order valence-corrected chi connectivity index (χ2v) is 11.3. The molecule has 5 atom stereocenters. The number of nitrogens with one attached hydrogen (secondary N) is 2. The summed E-state index contributed by atoms with van der Waals surface area (Å²) < 4.78 is 11.6. The Kier molecular flexibility index (Phi) is 5.55. The zero-order valence-electron chi connectivity index (χ0n) is 21.3. The van der Waals surface area contributed by atoms with Crippen molar-refractivity contribution in [1.29, 1.82) is 0 Å². The van der Waals surface area contributed by atoms with Gasteiger partial charge in [-0.1, -0.05) is 18.2 Å². The average Bonchev–Trinajstić information content (AvgIpc) is 3.40. The molecule has 9 nitrogen and oxygen atoms in total. The number of hydrogen-bond acceptors (Lipinski definition) is 6. The summed E-state index contributed by atoms with van der Waals surface area (Å²) in [6.45, 7) is 9.30. The molecule has 2 N–H and O–H groups in total. The van der Waals surface area contributed by atoms with Gasteiger partial charge >= 0.3 is 5.97 Å². The van der Waals surface area contributed by atoms with Crippen LogP contribution in [0.25, 0.3) is 0 Å². The summed E-state index contributed by atoms with van der Waals surface area (Å²) in [5, 5.41) is 6.01. The van der Waals surface area contributed by atoms with Crippen molar-refractivity contribution in [3.05, 3.63) is 42.0 Å². The summed E-state index contributed by atoms with van der Waals surface area (Å²) >= 11 is 0. The maximum absolute atomic E-state index is 14.2. The fourth-order valence-electron chi connectivity index (χ4n) is 5.77. The maximum Gasteiger partial charge on any atom is 0.338 e. The highest BCUT2D eigenvalue weighted by molar-refractivity contribution is 6.11. The fourth-order valence-corrected chi connectivity index (χ4v) is 5.77. The number of benzene rings is 1. The Hall–Kier alpha value is -3.20. The molecule has 3 aliphatic heterocycles. The molecule has 0 unspecified atom stereocenters. The highest BCUT2D eigenvalue weighted by Gasteiger charge is 2.76. The van der Waals surface area contributed by atoms with Gasteiger partial charge in [-0.15, -0.1) is 0 Å². The van der Waals surface area contributed by atoms with Crippen molar-refractivity contribution in [2.24, 2.45) is 11.8 Å². The van der Waals surface area contributed by atoms with Crippen molar-refractivity contribution in [2.75, 3.05) is 11.5 Å². The summed E-state index contributed by atoms with van der Waals surface area (Å²) in [6.07, 6.45) is 5.42. The van der Waals surface area contributed by atoms with Gasteiger partial charge in [-0.3, -0.25) is 19.3 Å². The first-order valence-corrected chi connectivity index (χ1v) is 12.5. The predicted octanol–water partition coefficient (Wildman–Crippen LogP) is 2.10. The minimum Gasteiger partial charge on any atom is -0.462 e. The summed E-state index contributed by atoms with van der Waals surface area (Å²) in [4.78, 5) is 55.1. The summed E-state index contributed by atoms with van der Waals surface area (Å²) in [7, 11) is 0. The van der Waals surface area contributed by atoms with Gasteiger partial charge in [-0.2, -0.15) is 0 Å². The number of hydrogen-bond donors (Lipinski definition) is 2. The number of anilines is 1. The van der Waals surface area contributed by atoms with Crippen LogP contribution in [-0.2, 0) is 23.9 Å². The Morgan fingerprint density at radius 3 is 2.53 bits per heavy atom. The average molecular weight is 496 g/mol. The molecule has 4 aliphatic rings. The summed E-state index contributed by atoms with van der Waals surface area (Å²) in [6, 6.07) is 5.51. The largest absolute Gasteiger partial charge is 0.462 e. The number of fused-ring (bicyclic) bond motifs is 1. The molecule has 5 rings (SSSR count). The molecular formula is C27H33N3O6. The van der Waals surface area contributed by atoms with Crippen LogP contribution in [0.2, 0.25) is 0 Å². The molecule has 3 heterocycles. The molecule has 9 heteroatoms. The topological polar surface area (TPSA) is 114 Å². The van der Waals surface area contributed by atoms with Crippen LogP contribution in [0.15, 0.2) is 36.4 Å². The van der Waals surface area contributed by atoms with Crippen LogP contribution in [0.1, 0.15) is 57.8 Å². The van der Waals surface area contributed by atoms with Crippen molar-refractivity contribution < 1.29 is 28.7 Å². The molecule has 3 amide bonds. The highest BCUT2D eigenvalue weighted by atomic mass is 16.5. The number of ether oxygens (including phenoxy) is 2. The first-order chi connectivity index (χ1) is 16.9. The van der Waals surface area contributed by atoms with E-state index in [0.717, 1.165) is 12.8 Å². The third-order valence-corrected chi connectivity index (χ3v) is 7.29. The van der Waals surface area contributed by atoms with Crippen LogP contribution < -0.4 is 15.5 Å². The van der Waals surface area contributed by atoms with Gasteiger partial charge < -0.3 is 20.1 Å². The first-order valence-electron chi connectivity index (χ1n) is 12.5. The number of amides is 3. The monoisotopic (exact) mass is 495 g/mol. The molecule has 0 radical (unpaired) electrons. The van der Waals surface area contributed by atoms with E-state index < -0.39 is 46.5 Å². The van der Waals surface area contributed by atoms with E-state index in [0.29, 0.717) is 5.69 Å². The van der Waals surface area contributed by atoms with E-state index in [1.165, 1.54) is 4.90 Å². The lowest BCUT2D eigenvalue weighted by Gasteiger charge is -2.35. The standard InChI is InChI=1S/C27H33N3O6/c1-6-35-24(34)15-8-7-9-17(14-15)30-20(22(32)29-25(2,3)4)27-13-12-26(5,36-27)18(19(27)23(30)33)21(31)28-16-10-11-16/h7-9,12-14,16,18-20H,6,10-11H2,1-5H3,(H,28,31)(H,29,32)/t18-,19+,20+,26+,27-/m0/s1. The molecule has 1 aromatic rings. The van der Waals surface area contributed by atoms with Crippen LogP contribution in [0, 0.1) is 11.8 Å².